The molecule has 0 atom stereocenters. The molecule has 26 heavy (non-hydrogen) atoms. The Balaban J connectivity index is 1.64. The van der Waals surface area contributed by atoms with E-state index in [4.69, 9.17) is 0 Å². The second-order valence-corrected chi connectivity index (χ2v) is 5.98. The zero-order valence-electron chi connectivity index (χ0n) is 14.2. The van der Waals surface area contributed by atoms with Crippen LogP contribution in [0.5, 0.6) is 0 Å². The van der Waals surface area contributed by atoms with Gasteiger partial charge in [0.25, 0.3) is 5.91 Å². The van der Waals surface area contributed by atoms with Crippen LogP contribution < -0.4 is 5.32 Å². The smallest absolute Gasteiger partial charge is 0.255 e. The maximum absolute atomic E-state index is 13.7. The molecule has 2 heterocycles. The number of pyridine rings is 1. The first-order valence-electron chi connectivity index (χ1n) is 8.17. The Labute approximate surface area is 149 Å². The van der Waals surface area contributed by atoms with E-state index in [1.165, 1.54) is 19.2 Å². The van der Waals surface area contributed by atoms with Crippen molar-refractivity contribution < 1.29 is 18.4 Å². The van der Waals surface area contributed by atoms with E-state index in [9.17, 15) is 18.4 Å². The Morgan fingerprint density at radius 1 is 1.04 bits per heavy atom. The molecule has 0 radical (unpaired) electrons. The number of hydrogen-bond acceptors (Lipinski definition) is 4. The number of nitrogens with zero attached hydrogens (tertiary/aromatic N) is 3. The number of rotatable bonds is 3. The van der Waals surface area contributed by atoms with Crippen molar-refractivity contribution in [2.45, 2.75) is 6.92 Å². The quantitative estimate of drug-likeness (QED) is 0.913. The summed E-state index contributed by atoms with van der Waals surface area (Å²) in [5, 5.41) is 2.74. The molecule has 1 fully saturated rings. The summed E-state index contributed by atoms with van der Waals surface area (Å²) in [6.07, 6.45) is 1.41. The zero-order chi connectivity index (χ0) is 18.7. The van der Waals surface area contributed by atoms with Crippen molar-refractivity contribution in [1.29, 1.82) is 0 Å². The van der Waals surface area contributed by atoms with Crippen molar-refractivity contribution in [2.24, 2.45) is 0 Å². The fourth-order valence-corrected chi connectivity index (χ4v) is 2.73. The third kappa shape index (κ3) is 3.96. The molecular formula is C18H18F2N4O2. The number of nitrogens with one attached hydrogen (secondary N) is 1. The van der Waals surface area contributed by atoms with Crippen LogP contribution in [0.4, 0.5) is 20.3 Å². The summed E-state index contributed by atoms with van der Waals surface area (Å²) >= 11 is 0. The molecule has 2 aromatic rings. The lowest BCUT2D eigenvalue weighted by Crippen LogP contribution is -2.50. The van der Waals surface area contributed by atoms with Gasteiger partial charge < -0.3 is 15.1 Å². The van der Waals surface area contributed by atoms with Crippen LogP contribution >= 0.6 is 0 Å². The van der Waals surface area contributed by atoms with Crippen LogP contribution in [-0.4, -0.2) is 52.8 Å². The van der Waals surface area contributed by atoms with Gasteiger partial charge in [0.15, 0.2) is 0 Å². The van der Waals surface area contributed by atoms with Crippen molar-refractivity contribution in [3.63, 3.8) is 0 Å². The van der Waals surface area contributed by atoms with Gasteiger partial charge in [0.05, 0.1) is 11.3 Å². The number of hydrogen-bond donors (Lipinski definition) is 1. The molecule has 1 N–H and O–H groups in total. The Morgan fingerprint density at radius 2 is 1.73 bits per heavy atom. The number of anilines is 2. The van der Waals surface area contributed by atoms with Gasteiger partial charge in [0, 0.05) is 45.4 Å². The van der Waals surface area contributed by atoms with E-state index in [2.05, 4.69) is 10.3 Å². The Hall–Kier alpha value is -3.03. The van der Waals surface area contributed by atoms with Crippen molar-refractivity contribution in [2.75, 3.05) is 31.5 Å². The van der Waals surface area contributed by atoms with Gasteiger partial charge in [0.2, 0.25) is 5.91 Å². The Morgan fingerprint density at radius 3 is 2.31 bits per heavy atom. The molecule has 0 spiro atoms. The van der Waals surface area contributed by atoms with Gasteiger partial charge in [0.1, 0.15) is 17.5 Å². The maximum atomic E-state index is 13.7. The van der Waals surface area contributed by atoms with Crippen molar-refractivity contribution >= 4 is 23.3 Å². The normalized spacial score (nSPS) is 14.3. The van der Waals surface area contributed by atoms with Crippen LogP contribution in [-0.2, 0) is 4.79 Å². The van der Waals surface area contributed by atoms with Gasteiger partial charge in [-0.3, -0.25) is 9.59 Å². The van der Waals surface area contributed by atoms with Crippen LogP contribution in [0.1, 0.15) is 17.3 Å². The molecule has 0 unspecified atom stereocenters. The minimum Gasteiger partial charge on any atom is -0.339 e. The third-order valence-corrected chi connectivity index (χ3v) is 4.22. The summed E-state index contributed by atoms with van der Waals surface area (Å²) in [6, 6.07) is 6.35. The van der Waals surface area contributed by atoms with Crippen LogP contribution in [0, 0.1) is 11.6 Å². The second-order valence-electron chi connectivity index (χ2n) is 5.98. The van der Waals surface area contributed by atoms with E-state index in [-0.39, 0.29) is 17.5 Å². The summed E-state index contributed by atoms with van der Waals surface area (Å²) < 4.78 is 26.6. The lowest BCUT2D eigenvalue weighted by molar-refractivity contribution is -0.130. The van der Waals surface area contributed by atoms with Gasteiger partial charge >= 0.3 is 0 Å². The Kier molecular flexibility index (Phi) is 5.11. The molecule has 0 aliphatic carbocycles. The molecule has 136 valence electrons. The van der Waals surface area contributed by atoms with E-state index >= 15 is 0 Å². The topological polar surface area (TPSA) is 65.5 Å². The summed E-state index contributed by atoms with van der Waals surface area (Å²) in [5.74, 6) is -1.21. The van der Waals surface area contributed by atoms with Crippen LogP contribution in [0.3, 0.4) is 0 Å². The molecule has 1 saturated heterocycles. The summed E-state index contributed by atoms with van der Waals surface area (Å²) in [6.45, 7) is 3.48. The van der Waals surface area contributed by atoms with Crippen molar-refractivity contribution in [3.05, 3.63) is 53.7 Å². The molecule has 8 heteroatoms. The van der Waals surface area contributed by atoms with Crippen LogP contribution in [0.25, 0.3) is 0 Å². The molecule has 1 aliphatic heterocycles. The van der Waals surface area contributed by atoms with Gasteiger partial charge in [-0.15, -0.1) is 0 Å². The minimum atomic E-state index is -0.727. The highest BCUT2D eigenvalue weighted by Crippen LogP contribution is 2.20. The van der Waals surface area contributed by atoms with Crippen molar-refractivity contribution in [1.82, 2.24) is 14.8 Å². The lowest BCUT2D eigenvalue weighted by Gasteiger charge is -2.34. The second kappa shape index (κ2) is 7.47. The van der Waals surface area contributed by atoms with Crippen molar-refractivity contribution in [3.8, 4) is 0 Å². The van der Waals surface area contributed by atoms with E-state index in [1.807, 2.05) is 0 Å². The first-order valence-corrected chi connectivity index (χ1v) is 8.17. The minimum absolute atomic E-state index is 0.00205. The molecule has 1 aromatic heterocycles. The number of benzene rings is 1. The molecule has 2 amide bonds. The predicted molar refractivity (Wildman–Crippen MR) is 92.0 cm³/mol. The average molecular weight is 360 g/mol. The summed E-state index contributed by atoms with van der Waals surface area (Å²) in [7, 11) is 0. The zero-order valence-corrected chi connectivity index (χ0v) is 14.2. The standard InChI is InChI=1S/C18H18F2N4O2/c1-12(25)23-6-8-24(9-7-23)18(26)13-2-5-17(21-11-13)22-16-4-3-14(19)10-15(16)20/h2-5,10-11H,6-9H2,1H3,(H,21,22). The van der Waals surface area contributed by atoms with E-state index in [0.29, 0.717) is 37.6 Å². The molecule has 3 rings (SSSR count). The number of aromatic nitrogens is 1. The largest absolute Gasteiger partial charge is 0.339 e. The van der Waals surface area contributed by atoms with Gasteiger partial charge in [-0.25, -0.2) is 13.8 Å². The first kappa shape index (κ1) is 17.8. The molecular weight excluding hydrogens is 342 g/mol. The molecule has 1 aliphatic rings. The highest BCUT2D eigenvalue weighted by atomic mass is 19.1. The van der Waals surface area contributed by atoms with E-state index in [1.54, 1.807) is 21.9 Å². The molecule has 1 aromatic carbocycles. The first-order chi connectivity index (χ1) is 12.4. The van der Waals surface area contributed by atoms with E-state index in [0.717, 1.165) is 12.1 Å². The highest BCUT2D eigenvalue weighted by Gasteiger charge is 2.23. The van der Waals surface area contributed by atoms with Gasteiger partial charge in [-0.1, -0.05) is 0 Å². The average Bonchev–Trinajstić information content (AvgIpc) is 2.64. The number of halogens is 2. The van der Waals surface area contributed by atoms with Crippen LogP contribution in [0.15, 0.2) is 36.5 Å². The van der Waals surface area contributed by atoms with Gasteiger partial charge in [-0.05, 0) is 24.3 Å². The lowest BCUT2D eigenvalue weighted by atomic mass is 10.2. The molecule has 0 bridgehead atoms. The SMILES string of the molecule is CC(=O)N1CCN(C(=O)c2ccc(Nc3ccc(F)cc3F)nc2)CC1. The summed E-state index contributed by atoms with van der Waals surface area (Å²) in [5.41, 5.74) is 0.504. The highest BCUT2D eigenvalue weighted by molar-refractivity contribution is 5.94. The van der Waals surface area contributed by atoms with Gasteiger partial charge in [-0.2, -0.15) is 0 Å². The van der Waals surface area contributed by atoms with Crippen LogP contribution in [0.2, 0.25) is 0 Å². The predicted octanol–water partition coefficient (Wildman–Crippen LogP) is 2.41. The fraction of sp³-hybridized carbons (Fsp3) is 0.278. The molecule has 0 saturated carbocycles. The number of piperazine rings is 1. The molecule has 6 nitrogen and oxygen atoms in total. The third-order valence-electron chi connectivity index (χ3n) is 4.22. The number of carbonyl (C=O) groups is 2. The Bertz CT molecular complexity index is 818. The monoisotopic (exact) mass is 360 g/mol. The van der Waals surface area contributed by atoms with E-state index < -0.39 is 11.6 Å². The maximum Gasteiger partial charge on any atom is 0.255 e. The fourth-order valence-electron chi connectivity index (χ4n) is 2.73. The summed E-state index contributed by atoms with van der Waals surface area (Å²) in [4.78, 5) is 31.3. The number of amides is 2. The number of carbonyl (C=O) groups excluding carboxylic acids is 2.